The highest BCUT2D eigenvalue weighted by molar-refractivity contribution is 5.79. The fourth-order valence-electron chi connectivity index (χ4n) is 0.988. The molecule has 0 bridgehead atoms. The standard InChI is InChI=1S/C10H13N/c1-3-9-4-6-10(7-5-9)8-11-2/h4-8H,3H2,1-2H3/b11-8+. The van der Waals surface area contributed by atoms with Crippen LogP contribution in [0.25, 0.3) is 0 Å². The van der Waals surface area contributed by atoms with Crippen molar-refractivity contribution in [3.63, 3.8) is 0 Å². The summed E-state index contributed by atoms with van der Waals surface area (Å²) in [4.78, 5) is 3.94. The lowest BCUT2D eigenvalue weighted by molar-refractivity contribution is 1.14. The first-order valence-corrected chi connectivity index (χ1v) is 3.88. The van der Waals surface area contributed by atoms with Crippen molar-refractivity contribution < 1.29 is 0 Å². The topological polar surface area (TPSA) is 12.4 Å². The third kappa shape index (κ3) is 2.19. The van der Waals surface area contributed by atoms with Crippen LogP contribution >= 0.6 is 0 Å². The maximum absolute atomic E-state index is 3.94. The van der Waals surface area contributed by atoms with E-state index in [2.05, 4.69) is 36.2 Å². The molecule has 0 aromatic heterocycles. The number of hydrogen-bond acceptors (Lipinski definition) is 1. The van der Waals surface area contributed by atoms with E-state index in [0.29, 0.717) is 0 Å². The Labute approximate surface area is 67.8 Å². The average molecular weight is 147 g/mol. The van der Waals surface area contributed by atoms with E-state index >= 15 is 0 Å². The van der Waals surface area contributed by atoms with Crippen LogP contribution in [0, 0.1) is 0 Å². The molecule has 58 valence electrons. The first-order valence-electron chi connectivity index (χ1n) is 3.88. The summed E-state index contributed by atoms with van der Waals surface area (Å²) in [5, 5.41) is 0. The first kappa shape index (κ1) is 7.99. The molecule has 11 heavy (non-hydrogen) atoms. The van der Waals surface area contributed by atoms with Gasteiger partial charge in [-0.2, -0.15) is 0 Å². The third-order valence-corrected chi connectivity index (χ3v) is 1.67. The second-order valence-electron chi connectivity index (χ2n) is 2.48. The molecule has 0 unspecified atom stereocenters. The summed E-state index contributed by atoms with van der Waals surface area (Å²) in [5.41, 5.74) is 2.54. The highest BCUT2D eigenvalue weighted by Crippen LogP contribution is 2.02. The van der Waals surface area contributed by atoms with Crippen LogP contribution in [-0.2, 0) is 6.42 Å². The fraction of sp³-hybridized carbons (Fsp3) is 0.300. The van der Waals surface area contributed by atoms with E-state index < -0.39 is 0 Å². The summed E-state index contributed by atoms with van der Waals surface area (Å²) in [6.45, 7) is 2.16. The van der Waals surface area contributed by atoms with Crippen molar-refractivity contribution in [1.82, 2.24) is 0 Å². The molecule has 1 rings (SSSR count). The van der Waals surface area contributed by atoms with Gasteiger partial charge in [0.05, 0.1) is 0 Å². The van der Waals surface area contributed by atoms with Crippen LogP contribution in [0.5, 0.6) is 0 Å². The van der Waals surface area contributed by atoms with Gasteiger partial charge in [0.2, 0.25) is 0 Å². The van der Waals surface area contributed by atoms with Gasteiger partial charge in [-0.3, -0.25) is 4.99 Å². The number of aryl methyl sites for hydroxylation is 1. The summed E-state index contributed by atoms with van der Waals surface area (Å²) in [6.07, 6.45) is 2.96. The third-order valence-electron chi connectivity index (χ3n) is 1.67. The minimum atomic E-state index is 1.10. The maximum atomic E-state index is 3.94. The Kier molecular flexibility index (Phi) is 2.84. The molecular weight excluding hydrogens is 134 g/mol. The Bertz CT molecular complexity index is 234. The quantitative estimate of drug-likeness (QED) is 0.569. The summed E-state index contributed by atoms with van der Waals surface area (Å²) in [5.74, 6) is 0. The van der Waals surface area contributed by atoms with Crippen molar-refractivity contribution in [3.8, 4) is 0 Å². The molecule has 1 heteroatoms. The molecule has 1 aromatic rings. The van der Waals surface area contributed by atoms with Crippen LogP contribution in [0.1, 0.15) is 18.1 Å². The van der Waals surface area contributed by atoms with E-state index in [9.17, 15) is 0 Å². The Hall–Kier alpha value is -1.11. The maximum Gasteiger partial charge on any atom is 0.0281 e. The van der Waals surface area contributed by atoms with E-state index in [-0.39, 0.29) is 0 Å². The lowest BCUT2D eigenvalue weighted by Gasteiger charge is -1.95. The van der Waals surface area contributed by atoms with Crippen LogP contribution in [0.3, 0.4) is 0 Å². The Balaban J connectivity index is 2.82. The van der Waals surface area contributed by atoms with Gasteiger partial charge in [-0.05, 0) is 17.5 Å². The van der Waals surface area contributed by atoms with Crippen molar-refractivity contribution in [1.29, 1.82) is 0 Å². The molecule has 0 aliphatic rings. The molecule has 0 aliphatic heterocycles. The largest absolute Gasteiger partial charge is 0.296 e. The van der Waals surface area contributed by atoms with Gasteiger partial charge in [-0.1, -0.05) is 31.2 Å². The molecule has 0 saturated carbocycles. The Morgan fingerprint density at radius 2 is 1.91 bits per heavy atom. The molecule has 0 aliphatic carbocycles. The Morgan fingerprint density at radius 1 is 1.27 bits per heavy atom. The van der Waals surface area contributed by atoms with Gasteiger partial charge in [-0.25, -0.2) is 0 Å². The smallest absolute Gasteiger partial charge is 0.0281 e. The predicted octanol–water partition coefficient (Wildman–Crippen LogP) is 2.30. The van der Waals surface area contributed by atoms with Gasteiger partial charge >= 0.3 is 0 Å². The van der Waals surface area contributed by atoms with Crippen molar-refractivity contribution in [2.75, 3.05) is 7.05 Å². The van der Waals surface area contributed by atoms with Gasteiger partial charge in [0.1, 0.15) is 0 Å². The zero-order chi connectivity index (χ0) is 8.10. The van der Waals surface area contributed by atoms with Gasteiger partial charge in [0, 0.05) is 13.3 Å². The lowest BCUT2D eigenvalue weighted by Crippen LogP contribution is -1.82. The zero-order valence-corrected chi connectivity index (χ0v) is 7.04. The molecule has 0 fully saturated rings. The second-order valence-corrected chi connectivity index (χ2v) is 2.48. The second kappa shape index (κ2) is 3.91. The van der Waals surface area contributed by atoms with Gasteiger partial charge < -0.3 is 0 Å². The van der Waals surface area contributed by atoms with E-state index in [1.807, 2.05) is 6.21 Å². The van der Waals surface area contributed by atoms with Crippen LogP contribution < -0.4 is 0 Å². The molecule has 0 radical (unpaired) electrons. The SMILES string of the molecule is CCc1ccc(/C=N/C)cc1. The van der Waals surface area contributed by atoms with E-state index in [4.69, 9.17) is 0 Å². The van der Waals surface area contributed by atoms with Gasteiger partial charge in [-0.15, -0.1) is 0 Å². The molecule has 0 amide bonds. The van der Waals surface area contributed by atoms with Gasteiger partial charge in [0.15, 0.2) is 0 Å². The van der Waals surface area contributed by atoms with Crippen LogP contribution in [-0.4, -0.2) is 13.3 Å². The molecule has 0 saturated heterocycles. The normalized spacial score (nSPS) is 10.7. The molecule has 0 spiro atoms. The number of rotatable bonds is 2. The molecular formula is C10H13N. The Morgan fingerprint density at radius 3 is 2.36 bits per heavy atom. The minimum Gasteiger partial charge on any atom is -0.296 e. The minimum absolute atomic E-state index is 1.10. The summed E-state index contributed by atoms with van der Waals surface area (Å²) >= 11 is 0. The summed E-state index contributed by atoms with van der Waals surface area (Å²) in [6, 6.07) is 8.45. The predicted molar refractivity (Wildman–Crippen MR) is 49.3 cm³/mol. The van der Waals surface area contributed by atoms with E-state index in [1.54, 1.807) is 7.05 Å². The number of benzene rings is 1. The number of nitrogens with zero attached hydrogens (tertiary/aromatic N) is 1. The molecule has 0 heterocycles. The van der Waals surface area contributed by atoms with Crippen molar-refractivity contribution in [2.45, 2.75) is 13.3 Å². The van der Waals surface area contributed by atoms with Crippen molar-refractivity contribution in [2.24, 2.45) is 4.99 Å². The van der Waals surface area contributed by atoms with Gasteiger partial charge in [0.25, 0.3) is 0 Å². The van der Waals surface area contributed by atoms with E-state index in [0.717, 1.165) is 6.42 Å². The van der Waals surface area contributed by atoms with Crippen LogP contribution in [0.2, 0.25) is 0 Å². The number of aliphatic imine (C=N–C) groups is 1. The first-order chi connectivity index (χ1) is 5.36. The summed E-state index contributed by atoms with van der Waals surface area (Å²) in [7, 11) is 1.79. The average Bonchev–Trinajstić information content (AvgIpc) is 2.07. The number of hydrogen-bond donors (Lipinski definition) is 0. The zero-order valence-electron chi connectivity index (χ0n) is 7.04. The molecule has 0 atom stereocenters. The van der Waals surface area contributed by atoms with Crippen molar-refractivity contribution >= 4 is 6.21 Å². The lowest BCUT2D eigenvalue weighted by atomic mass is 10.1. The van der Waals surface area contributed by atoms with Crippen molar-refractivity contribution in [3.05, 3.63) is 35.4 Å². The monoisotopic (exact) mass is 147 g/mol. The van der Waals surface area contributed by atoms with E-state index in [1.165, 1.54) is 11.1 Å². The highest BCUT2D eigenvalue weighted by atomic mass is 14.6. The highest BCUT2D eigenvalue weighted by Gasteiger charge is 1.87. The molecule has 0 N–H and O–H groups in total. The molecule has 1 nitrogen and oxygen atoms in total. The molecule has 1 aromatic carbocycles. The fourth-order valence-corrected chi connectivity index (χ4v) is 0.988. The van der Waals surface area contributed by atoms with Crippen LogP contribution in [0.15, 0.2) is 29.3 Å². The summed E-state index contributed by atoms with van der Waals surface area (Å²) < 4.78 is 0. The van der Waals surface area contributed by atoms with Crippen LogP contribution in [0.4, 0.5) is 0 Å².